The summed E-state index contributed by atoms with van der Waals surface area (Å²) in [5.41, 5.74) is 0.959. The summed E-state index contributed by atoms with van der Waals surface area (Å²) >= 11 is 3.40. The Morgan fingerprint density at radius 1 is 1.50 bits per heavy atom. The fourth-order valence-electron chi connectivity index (χ4n) is 1.41. The zero-order valence-electron chi connectivity index (χ0n) is 7.40. The lowest BCUT2D eigenvalue weighted by Gasteiger charge is -2.06. The summed E-state index contributed by atoms with van der Waals surface area (Å²) in [4.78, 5) is 10.6. The lowest BCUT2D eigenvalue weighted by molar-refractivity contribution is -0.138. The van der Waals surface area contributed by atoms with Gasteiger partial charge in [-0.25, -0.2) is 0 Å². The lowest BCUT2D eigenvalue weighted by Crippen LogP contribution is -2.10. The number of anilines is 1. The molecule has 0 bridgehead atoms. The minimum Gasteiger partial charge on any atom is -0.481 e. The van der Waals surface area contributed by atoms with Gasteiger partial charge in [0.1, 0.15) is 0 Å². The predicted octanol–water partition coefficient (Wildman–Crippen LogP) is 2.33. The number of hydrogen-bond donors (Lipinski definition) is 2. The van der Waals surface area contributed by atoms with Crippen LogP contribution in [-0.2, 0) is 4.79 Å². The molecule has 2 unspecified atom stereocenters. The van der Waals surface area contributed by atoms with Crippen LogP contribution in [0.2, 0.25) is 0 Å². The van der Waals surface area contributed by atoms with Gasteiger partial charge in [0.25, 0.3) is 0 Å². The Balaban J connectivity index is 2.00. The lowest BCUT2D eigenvalue weighted by atomic mass is 10.3. The van der Waals surface area contributed by atoms with Gasteiger partial charge in [-0.1, -0.05) is 12.1 Å². The van der Waals surface area contributed by atoms with Crippen LogP contribution in [-0.4, -0.2) is 17.1 Å². The summed E-state index contributed by atoms with van der Waals surface area (Å²) in [5.74, 6) is -0.934. The van der Waals surface area contributed by atoms with Crippen LogP contribution in [0.25, 0.3) is 0 Å². The van der Waals surface area contributed by atoms with Crippen LogP contribution >= 0.6 is 15.9 Å². The first kappa shape index (κ1) is 9.52. The van der Waals surface area contributed by atoms with Gasteiger partial charge in [-0.3, -0.25) is 4.79 Å². The average molecular weight is 256 g/mol. The quantitative estimate of drug-likeness (QED) is 0.872. The van der Waals surface area contributed by atoms with Crippen molar-refractivity contribution in [2.75, 3.05) is 5.32 Å². The Bertz CT molecular complexity index is 367. The third kappa shape index (κ3) is 1.90. The van der Waals surface area contributed by atoms with E-state index in [4.69, 9.17) is 5.11 Å². The maximum atomic E-state index is 10.6. The Morgan fingerprint density at radius 2 is 2.21 bits per heavy atom. The van der Waals surface area contributed by atoms with Gasteiger partial charge in [0.2, 0.25) is 0 Å². The summed E-state index contributed by atoms with van der Waals surface area (Å²) in [6.07, 6.45) is 0.719. The second kappa shape index (κ2) is 3.61. The first-order valence-electron chi connectivity index (χ1n) is 4.42. The molecule has 1 fully saturated rings. The van der Waals surface area contributed by atoms with E-state index in [9.17, 15) is 4.79 Å². The molecule has 1 aliphatic rings. The molecule has 74 valence electrons. The van der Waals surface area contributed by atoms with Crippen LogP contribution in [0.5, 0.6) is 0 Å². The van der Waals surface area contributed by atoms with Gasteiger partial charge in [0, 0.05) is 16.2 Å². The molecular weight excluding hydrogens is 246 g/mol. The van der Waals surface area contributed by atoms with Crippen molar-refractivity contribution in [3.63, 3.8) is 0 Å². The van der Waals surface area contributed by atoms with E-state index < -0.39 is 5.97 Å². The number of carboxylic acid groups (broad SMARTS) is 1. The van der Waals surface area contributed by atoms with Crippen molar-refractivity contribution in [1.82, 2.24) is 0 Å². The second-order valence-electron chi connectivity index (χ2n) is 3.41. The molecule has 0 amide bonds. The predicted molar refractivity (Wildman–Crippen MR) is 57.3 cm³/mol. The molecule has 0 heterocycles. The third-order valence-corrected chi connectivity index (χ3v) is 3.01. The van der Waals surface area contributed by atoms with Gasteiger partial charge in [-0.15, -0.1) is 0 Å². The van der Waals surface area contributed by atoms with Crippen molar-refractivity contribution in [3.05, 3.63) is 28.7 Å². The summed E-state index contributed by atoms with van der Waals surface area (Å²) in [7, 11) is 0. The maximum absolute atomic E-state index is 10.6. The van der Waals surface area contributed by atoms with E-state index in [1.54, 1.807) is 0 Å². The van der Waals surface area contributed by atoms with Gasteiger partial charge in [0.15, 0.2) is 0 Å². The van der Waals surface area contributed by atoms with Gasteiger partial charge in [0.05, 0.1) is 5.92 Å². The Morgan fingerprint density at radius 3 is 2.79 bits per heavy atom. The highest BCUT2D eigenvalue weighted by atomic mass is 79.9. The molecule has 1 saturated carbocycles. The number of carbonyl (C=O) groups is 1. The van der Waals surface area contributed by atoms with Crippen molar-refractivity contribution in [3.8, 4) is 0 Å². The summed E-state index contributed by atoms with van der Waals surface area (Å²) in [6, 6.07) is 7.80. The van der Waals surface area contributed by atoms with E-state index in [-0.39, 0.29) is 12.0 Å². The minimum absolute atomic E-state index is 0.0891. The monoisotopic (exact) mass is 255 g/mol. The largest absolute Gasteiger partial charge is 0.481 e. The first-order valence-corrected chi connectivity index (χ1v) is 5.21. The molecule has 3 nitrogen and oxygen atoms in total. The SMILES string of the molecule is O=C(O)C1CC1Nc1ccccc1Br. The molecule has 0 radical (unpaired) electrons. The number of rotatable bonds is 3. The highest BCUT2D eigenvalue weighted by molar-refractivity contribution is 9.10. The highest BCUT2D eigenvalue weighted by Gasteiger charge is 2.43. The minimum atomic E-state index is -0.713. The number of hydrogen-bond acceptors (Lipinski definition) is 2. The molecule has 0 aromatic heterocycles. The molecule has 0 saturated heterocycles. The van der Waals surface area contributed by atoms with E-state index in [0.717, 1.165) is 16.6 Å². The summed E-state index contributed by atoms with van der Waals surface area (Å²) in [5, 5.41) is 11.9. The van der Waals surface area contributed by atoms with Crippen LogP contribution in [0.4, 0.5) is 5.69 Å². The summed E-state index contributed by atoms with van der Waals surface area (Å²) in [6.45, 7) is 0. The zero-order valence-corrected chi connectivity index (χ0v) is 8.99. The maximum Gasteiger partial charge on any atom is 0.308 e. The van der Waals surface area contributed by atoms with E-state index >= 15 is 0 Å². The van der Waals surface area contributed by atoms with Gasteiger partial charge in [-0.2, -0.15) is 0 Å². The van der Waals surface area contributed by atoms with Crippen molar-refractivity contribution in [2.45, 2.75) is 12.5 Å². The molecule has 0 aliphatic heterocycles. The molecule has 14 heavy (non-hydrogen) atoms. The van der Waals surface area contributed by atoms with Gasteiger partial charge >= 0.3 is 5.97 Å². The van der Waals surface area contributed by atoms with Gasteiger partial charge in [-0.05, 0) is 34.5 Å². The molecule has 2 N–H and O–H groups in total. The van der Waals surface area contributed by atoms with E-state index in [1.807, 2.05) is 24.3 Å². The Hall–Kier alpha value is -1.03. The number of benzene rings is 1. The smallest absolute Gasteiger partial charge is 0.308 e. The topological polar surface area (TPSA) is 49.3 Å². The van der Waals surface area contributed by atoms with Crippen LogP contribution in [0.3, 0.4) is 0 Å². The van der Waals surface area contributed by atoms with Crippen LogP contribution < -0.4 is 5.32 Å². The highest BCUT2D eigenvalue weighted by Crippen LogP contribution is 2.35. The molecule has 1 aromatic carbocycles. The number of carboxylic acids is 1. The molecule has 2 atom stereocenters. The van der Waals surface area contributed by atoms with Crippen LogP contribution in [0, 0.1) is 5.92 Å². The first-order chi connectivity index (χ1) is 6.68. The third-order valence-electron chi connectivity index (χ3n) is 2.32. The average Bonchev–Trinajstić information content (AvgIpc) is 2.88. The molecular formula is C10H10BrNO2. The standard InChI is InChI=1S/C10H10BrNO2/c11-7-3-1-2-4-8(7)12-9-5-6(9)10(13)14/h1-4,6,9,12H,5H2,(H,13,14). The molecule has 1 aromatic rings. The van der Waals surface area contributed by atoms with Crippen LogP contribution in [0.1, 0.15) is 6.42 Å². The van der Waals surface area contributed by atoms with E-state index in [2.05, 4.69) is 21.2 Å². The Kier molecular flexibility index (Phi) is 2.46. The number of para-hydroxylation sites is 1. The molecule has 2 rings (SSSR count). The van der Waals surface area contributed by atoms with Gasteiger partial charge < -0.3 is 10.4 Å². The number of aliphatic carboxylic acids is 1. The second-order valence-corrected chi connectivity index (χ2v) is 4.27. The number of nitrogens with one attached hydrogen (secondary N) is 1. The zero-order chi connectivity index (χ0) is 10.1. The number of halogens is 1. The van der Waals surface area contributed by atoms with Crippen molar-refractivity contribution in [2.24, 2.45) is 5.92 Å². The van der Waals surface area contributed by atoms with Crippen molar-refractivity contribution in [1.29, 1.82) is 0 Å². The van der Waals surface area contributed by atoms with E-state index in [0.29, 0.717) is 0 Å². The fourth-order valence-corrected chi connectivity index (χ4v) is 1.80. The Labute approximate surface area is 90.3 Å². The molecule has 4 heteroatoms. The summed E-state index contributed by atoms with van der Waals surface area (Å²) < 4.78 is 0.969. The fraction of sp³-hybridized carbons (Fsp3) is 0.300. The molecule has 1 aliphatic carbocycles. The van der Waals surface area contributed by atoms with Crippen LogP contribution in [0.15, 0.2) is 28.7 Å². The molecule has 0 spiro atoms. The van der Waals surface area contributed by atoms with E-state index in [1.165, 1.54) is 0 Å². The van der Waals surface area contributed by atoms with Crippen molar-refractivity contribution >= 4 is 27.6 Å². The normalized spacial score (nSPS) is 24.4. The van der Waals surface area contributed by atoms with Crippen molar-refractivity contribution < 1.29 is 9.90 Å².